The van der Waals surface area contributed by atoms with Crippen molar-refractivity contribution in [2.45, 2.75) is 26.4 Å². The van der Waals surface area contributed by atoms with Crippen LogP contribution in [0.4, 0.5) is 4.79 Å². The van der Waals surface area contributed by atoms with Crippen LogP contribution in [-0.2, 0) is 14.3 Å². The molecule has 0 saturated carbocycles. The lowest BCUT2D eigenvalue weighted by atomic mass is 10.2. The first-order valence-electron chi connectivity index (χ1n) is 7.31. The minimum atomic E-state index is -0.649. The molecule has 0 aliphatic rings. The zero-order valence-corrected chi connectivity index (χ0v) is 14.3. The zero-order valence-electron chi connectivity index (χ0n) is 14.3. The van der Waals surface area contributed by atoms with Crippen LogP contribution in [0.5, 0.6) is 5.75 Å². The van der Waals surface area contributed by atoms with Gasteiger partial charge in [0, 0.05) is 11.5 Å². The fourth-order valence-electron chi connectivity index (χ4n) is 2.03. The van der Waals surface area contributed by atoms with Gasteiger partial charge in [-0.2, -0.15) is 9.78 Å². The highest BCUT2D eigenvalue weighted by molar-refractivity contribution is 5.96. The molecule has 128 valence electrons. The maximum Gasteiger partial charge on any atom is 0.435 e. The van der Waals surface area contributed by atoms with Gasteiger partial charge < -0.3 is 14.2 Å². The van der Waals surface area contributed by atoms with Gasteiger partial charge in [-0.3, -0.25) is 0 Å². The van der Waals surface area contributed by atoms with E-state index in [9.17, 15) is 9.59 Å². The molecular weight excluding hydrogens is 312 g/mol. The maximum absolute atomic E-state index is 12.4. The summed E-state index contributed by atoms with van der Waals surface area (Å²) in [6.07, 6.45) is 2.12. The van der Waals surface area contributed by atoms with Gasteiger partial charge in [-0.1, -0.05) is 0 Å². The van der Waals surface area contributed by atoms with Gasteiger partial charge in [0.15, 0.2) is 0 Å². The van der Waals surface area contributed by atoms with E-state index in [1.165, 1.54) is 19.3 Å². The summed E-state index contributed by atoms with van der Waals surface area (Å²) in [5.74, 6) is 0.0943. The molecule has 24 heavy (non-hydrogen) atoms. The first kappa shape index (κ1) is 17.5. The van der Waals surface area contributed by atoms with Crippen LogP contribution >= 0.6 is 0 Å². The Morgan fingerprint density at radius 3 is 2.50 bits per heavy atom. The summed E-state index contributed by atoms with van der Waals surface area (Å²) in [6, 6.07) is 5.17. The highest BCUT2D eigenvalue weighted by Crippen LogP contribution is 2.25. The second-order valence-corrected chi connectivity index (χ2v) is 6.02. The van der Waals surface area contributed by atoms with Crippen molar-refractivity contribution in [2.75, 3.05) is 14.2 Å². The Morgan fingerprint density at radius 2 is 1.92 bits per heavy atom. The third kappa shape index (κ3) is 3.92. The quantitative estimate of drug-likeness (QED) is 0.635. The summed E-state index contributed by atoms with van der Waals surface area (Å²) in [6.45, 7) is 5.33. The Balaban J connectivity index is 2.54. The molecule has 0 radical (unpaired) electrons. The number of rotatable bonds is 3. The highest BCUT2D eigenvalue weighted by atomic mass is 16.6. The van der Waals surface area contributed by atoms with E-state index in [-0.39, 0.29) is 0 Å². The number of nitrogens with zero attached hydrogens (tertiary/aromatic N) is 2. The van der Waals surface area contributed by atoms with Gasteiger partial charge in [-0.05, 0) is 45.0 Å². The minimum absolute atomic E-state index is 0.431. The number of fused-ring (bicyclic) bond motifs is 1. The molecule has 0 atom stereocenters. The number of hydrogen-bond acceptors (Lipinski definition) is 6. The smallest absolute Gasteiger partial charge is 0.435 e. The van der Waals surface area contributed by atoms with Crippen molar-refractivity contribution in [3.05, 3.63) is 30.0 Å². The molecule has 1 heterocycles. The Bertz CT molecular complexity index is 799. The van der Waals surface area contributed by atoms with Gasteiger partial charge in [-0.15, -0.1) is 0 Å². The number of hydrogen-bond donors (Lipinski definition) is 0. The summed E-state index contributed by atoms with van der Waals surface area (Å²) < 4.78 is 16.3. The van der Waals surface area contributed by atoms with Gasteiger partial charge in [0.25, 0.3) is 0 Å². The highest BCUT2D eigenvalue weighted by Gasteiger charge is 2.21. The van der Waals surface area contributed by atoms with E-state index in [4.69, 9.17) is 9.47 Å². The standard InChI is InChI=1S/C17H20N2O5/c1-17(2,3)24-16(21)19-14-8-6-11(22-4)10-12(14)13(18-19)7-9-15(20)23-5/h6-10H,1-5H3/b9-7+. The molecule has 1 aromatic carbocycles. The van der Waals surface area contributed by atoms with Crippen LogP contribution in [0.3, 0.4) is 0 Å². The zero-order chi connectivity index (χ0) is 17.9. The lowest BCUT2D eigenvalue weighted by molar-refractivity contribution is -0.134. The van der Waals surface area contributed by atoms with Crippen LogP contribution in [0.1, 0.15) is 26.5 Å². The Kier molecular flexibility index (Phi) is 4.92. The van der Waals surface area contributed by atoms with Crippen molar-refractivity contribution in [1.82, 2.24) is 9.78 Å². The predicted molar refractivity (Wildman–Crippen MR) is 89.0 cm³/mol. The van der Waals surface area contributed by atoms with Gasteiger partial charge in [0.2, 0.25) is 0 Å². The van der Waals surface area contributed by atoms with Crippen LogP contribution in [0, 0.1) is 0 Å². The summed E-state index contributed by atoms with van der Waals surface area (Å²) in [7, 11) is 2.83. The largest absolute Gasteiger partial charge is 0.497 e. The van der Waals surface area contributed by atoms with Crippen LogP contribution in [0.25, 0.3) is 17.0 Å². The number of benzene rings is 1. The molecule has 0 unspecified atom stereocenters. The summed E-state index contributed by atoms with van der Waals surface area (Å²) in [5, 5.41) is 4.90. The molecule has 7 heteroatoms. The van der Waals surface area contributed by atoms with Crippen molar-refractivity contribution >= 4 is 29.0 Å². The second-order valence-electron chi connectivity index (χ2n) is 6.02. The molecule has 2 rings (SSSR count). The maximum atomic E-state index is 12.4. The molecule has 0 spiro atoms. The number of carbonyl (C=O) groups is 2. The fraction of sp³-hybridized carbons (Fsp3) is 0.353. The molecule has 2 aromatic rings. The van der Waals surface area contributed by atoms with E-state index in [0.717, 1.165) is 4.68 Å². The Labute approximate surface area is 139 Å². The number of esters is 1. The lowest BCUT2D eigenvalue weighted by Crippen LogP contribution is -2.27. The van der Waals surface area contributed by atoms with Gasteiger partial charge in [0.1, 0.15) is 11.4 Å². The molecule has 0 aliphatic carbocycles. The van der Waals surface area contributed by atoms with Crippen molar-refractivity contribution in [3.63, 3.8) is 0 Å². The third-order valence-electron chi connectivity index (χ3n) is 3.06. The van der Waals surface area contributed by atoms with Gasteiger partial charge in [-0.25, -0.2) is 9.59 Å². The van der Waals surface area contributed by atoms with Crippen molar-refractivity contribution in [2.24, 2.45) is 0 Å². The molecule has 0 bridgehead atoms. The van der Waals surface area contributed by atoms with Crippen LogP contribution in [0.15, 0.2) is 24.3 Å². The molecule has 0 saturated heterocycles. The van der Waals surface area contributed by atoms with Gasteiger partial charge in [0.05, 0.1) is 25.4 Å². The molecule has 0 fully saturated rings. The molecule has 7 nitrogen and oxygen atoms in total. The normalized spacial score (nSPS) is 11.7. The van der Waals surface area contributed by atoms with E-state index in [1.807, 2.05) is 0 Å². The van der Waals surface area contributed by atoms with E-state index in [2.05, 4.69) is 9.84 Å². The van der Waals surface area contributed by atoms with Crippen LogP contribution in [0.2, 0.25) is 0 Å². The van der Waals surface area contributed by atoms with Gasteiger partial charge >= 0.3 is 12.1 Å². The van der Waals surface area contributed by atoms with E-state index < -0.39 is 17.7 Å². The fourth-order valence-corrected chi connectivity index (χ4v) is 2.03. The average Bonchev–Trinajstić information content (AvgIpc) is 2.88. The van der Waals surface area contributed by atoms with Crippen molar-refractivity contribution in [3.8, 4) is 5.75 Å². The predicted octanol–water partition coefficient (Wildman–Crippen LogP) is 3.01. The van der Waals surface area contributed by atoms with Crippen LogP contribution in [-0.4, -0.2) is 41.7 Å². The van der Waals surface area contributed by atoms with E-state index >= 15 is 0 Å². The van der Waals surface area contributed by atoms with Crippen LogP contribution < -0.4 is 4.74 Å². The first-order chi connectivity index (χ1) is 11.2. The van der Waals surface area contributed by atoms with Crippen molar-refractivity contribution < 1.29 is 23.8 Å². The molecule has 0 aliphatic heterocycles. The lowest BCUT2D eigenvalue weighted by Gasteiger charge is -2.19. The molecular formula is C17H20N2O5. The Morgan fingerprint density at radius 1 is 1.21 bits per heavy atom. The average molecular weight is 332 g/mol. The summed E-state index contributed by atoms with van der Waals surface area (Å²) in [4.78, 5) is 23.7. The Hall–Kier alpha value is -2.83. The minimum Gasteiger partial charge on any atom is -0.497 e. The first-order valence-corrected chi connectivity index (χ1v) is 7.31. The monoisotopic (exact) mass is 332 g/mol. The second kappa shape index (κ2) is 6.74. The van der Waals surface area contributed by atoms with Crippen molar-refractivity contribution in [1.29, 1.82) is 0 Å². The molecule has 0 amide bonds. The number of methoxy groups -OCH3 is 2. The SMILES string of the molecule is COC(=O)/C=C/c1nn(C(=O)OC(C)(C)C)c2ccc(OC)cc12. The third-order valence-corrected chi connectivity index (χ3v) is 3.06. The number of aromatic nitrogens is 2. The number of carbonyl (C=O) groups excluding carboxylic acids is 2. The molecule has 0 N–H and O–H groups in total. The molecule has 1 aromatic heterocycles. The van der Waals surface area contributed by atoms with E-state index in [1.54, 1.807) is 46.1 Å². The summed E-state index contributed by atoms with van der Waals surface area (Å²) >= 11 is 0. The topological polar surface area (TPSA) is 79.7 Å². The summed E-state index contributed by atoms with van der Waals surface area (Å²) in [5.41, 5.74) is 0.332. The number of ether oxygens (including phenoxy) is 3. The van der Waals surface area contributed by atoms with E-state index in [0.29, 0.717) is 22.3 Å².